The van der Waals surface area contributed by atoms with Gasteiger partial charge in [-0.1, -0.05) is 31.2 Å². The van der Waals surface area contributed by atoms with Crippen LogP contribution >= 0.6 is 0 Å². The lowest BCUT2D eigenvalue weighted by Gasteiger charge is -2.28. The molecule has 1 aromatic carbocycles. The second kappa shape index (κ2) is 7.92. The van der Waals surface area contributed by atoms with Crippen molar-refractivity contribution >= 4 is 0 Å². The highest BCUT2D eigenvalue weighted by molar-refractivity contribution is 5.29. The van der Waals surface area contributed by atoms with Gasteiger partial charge in [0.05, 0.1) is 0 Å². The van der Waals surface area contributed by atoms with E-state index in [0.717, 1.165) is 19.0 Å². The van der Waals surface area contributed by atoms with Crippen LogP contribution in [0.1, 0.15) is 30.5 Å². The van der Waals surface area contributed by atoms with E-state index in [1.807, 2.05) is 0 Å². The highest BCUT2D eigenvalue weighted by Gasteiger charge is 2.22. The zero-order chi connectivity index (χ0) is 15.2. The van der Waals surface area contributed by atoms with Crippen LogP contribution in [0.2, 0.25) is 0 Å². The van der Waals surface area contributed by atoms with Crippen LogP contribution in [0.15, 0.2) is 24.3 Å². The summed E-state index contributed by atoms with van der Waals surface area (Å²) in [5.41, 5.74) is 2.83. The minimum absolute atomic E-state index is 0.431. The first-order valence-electron chi connectivity index (χ1n) is 8.26. The van der Waals surface area contributed by atoms with Crippen LogP contribution in [0.25, 0.3) is 0 Å². The van der Waals surface area contributed by atoms with Crippen LogP contribution in [-0.4, -0.2) is 56.6 Å². The number of hydrogen-bond donors (Lipinski definition) is 1. The summed E-state index contributed by atoms with van der Waals surface area (Å²) in [5, 5.41) is 3.65. The number of likely N-dealkylation sites (tertiary alicyclic amines) is 1. The molecule has 3 nitrogen and oxygen atoms in total. The smallest absolute Gasteiger partial charge is 0.0451 e. The maximum absolute atomic E-state index is 3.65. The SMILES string of the molecule is CCNC(CN(C)CC1CCN(C)C1)c1ccccc1C. The zero-order valence-corrected chi connectivity index (χ0v) is 14.1. The second-order valence-corrected chi connectivity index (χ2v) is 6.61. The third-order valence-electron chi connectivity index (χ3n) is 4.57. The molecule has 0 spiro atoms. The van der Waals surface area contributed by atoms with Gasteiger partial charge in [0.1, 0.15) is 0 Å². The summed E-state index contributed by atoms with van der Waals surface area (Å²) in [6, 6.07) is 9.18. The molecule has 0 amide bonds. The summed E-state index contributed by atoms with van der Waals surface area (Å²) >= 11 is 0. The van der Waals surface area contributed by atoms with Crippen LogP contribution < -0.4 is 5.32 Å². The predicted molar refractivity (Wildman–Crippen MR) is 90.7 cm³/mol. The van der Waals surface area contributed by atoms with Crippen molar-refractivity contribution in [3.05, 3.63) is 35.4 Å². The molecule has 0 bridgehead atoms. The van der Waals surface area contributed by atoms with Gasteiger partial charge >= 0.3 is 0 Å². The Morgan fingerprint density at radius 1 is 1.38 bits per heavy atom. The summed E-state index contributed by atoms with van der Waals surface area (Å²) in [6.07, 6.45) is 1.34. The maximum atomic E-state index is 3.65. The van der Waals surface area contributed by atoms with Crippen LogP contribution in [-0.2, 0) is 0 Å². The number of likely N-dealkylation sites (N-methyl/N-ethyl adjacent to an activating group) is 2. The molecule has 118 valence electrons. The average Bonchev–Trinajstić information content (AvgIpc) is 2.84. The zero-order valence-electron chi connectivity index (χ0n) is 14.1. The fourth-order valence-electron chi connectivity index (χ4n) is 3.50. The topological polar surface area (TPSA) is 18.5 Å². The largest absolute Gasteiger partial charge is 0.309 e. The van der Waals surface area contributed by atoms with Gasteiger partial charge in [0.2, 0.25) is 0 Å². The molecule has 0 aliphatic carbocycles. The standard InChI is InChI=1S/C18H31N3/c1-5-19-18(17-9-7-6-8-15(17)2)14-21(4)13-16-10-11-20(3)12-16/h6-9,16,18-19H,5,10-14H2,1-4H3. The van der Waals surface area contributed by atoms with E-state index >= 15 is 0 Å². The first kappa shape index (κ1) is 16.5. The summed E-state index contributed by atoms with van der Waals surface area (Å²) in [7, 11) is 4.50. The number of aryl methyl sites for hydroxylation is 1. The Morgan fingerprint density at radius 3 is 2.76 bits per heavy atom. The van der Waals surface area contributed by atoms with Crippen molar-refractivity contribution in [2.24, 2.45) is 5.92 Å². The highest BCUT2D eigenvalue weighted by atomic mass is 15.2. The Balaban J connectivity index is 1.94. The number of hydrogen-bond acceptors (Lipinski definition) is 3. The number of nitrogens with one attached hydrogen (secondary N) is 1. The third kappa shape index (κ3) is 4.80. The quantitative estimate of drug-likeness (QED) is 0.832. The predicted octanol–water partition coefficient (Wildman–Crippen LogP) is 2.53. The van der Waals surface area contributed by atoms with E-state index in [2.05, 4.69) is 67.3 Å². The van der Waals surface area contributed by atoms with E-state index in [-0.39, 0.29) is 0 Å². The van der Waals surface area contributed by atoms with Gasteiger partial charge in [-0.05, 0) is 57.6 Å². The van der Waals surface area contributed by atoms with Crippen molar-refractivity contribution in [3.8, 4) is 0 Å². The van der Waals surface area contributed by atoms with E-state index in [9.17, 15) is 0 Å². The molecule has 1 saturated heterocycles. The van der Waals surface area contributed by atoms with Gasteiger partial charge in [-0.25, -0.2) is 0 Å². The first-order valence-corrected chi connectivity index (χ1v) is 8.26. The molecule has 0 radical (unpaired) electrons. The molecule has 1 aliphatic rings. The van der Waals surface area contributed by atoms with Crippen LogP contribution in [0.5, 0.6) is 0 Å². The molecule has 0 saturated carbocycles. The van der Waals surface area contributed by atoms with E-state index in [1.54, 1.807) is 0 Å². The monoisotopic (exact) mass is 289 g/mol. The molecular formula is C18H31N3. The number of benzene rings is 1. The number of rotatable bonds is 7. The van der Waals surface area contributed by atoms with Gasteiger partial charge in [-0.3, -0.25) is 0 Å². The maximum Gasteiger partial charge on any atom is 0.0451 e. The van der Waals surface area contributed by atoms with Gasteiger partial charge in [-0.2, -0.15) is 0 Å². The normalized spacial score (nSPS) is 21.1. The van der Waals surface area contributed by atoms with Crippen molar-refractivity contribution in [1.29, 1.82) is 0 Å². The van der Waals surface area contributed by atoms with Gasteiger partial charge in [-0.15, -0.1) is 0 Å². The molecule has 1 aliphatic heterocycles. The molecule has 1 heterocycles. The van der Waals surface area contributed by atoms with Crippen LogP contribution in [0, 0.1) is 12.8 Å². The fourth-order valence-corrected chi connectivity index (χ4v) is 3.50. The lowest BCUT2D eigenvalue weighted by Crippen LogP contribution is -2.36. The van der Waals surface area contributed by atoms with Crippen molar-refractivity contribution in [2.75, 3.05) is 46.8 Å². The van der Waals surface area contributed by atoms with Crippen molar-refractivity contribution in [2.45, 2.75) is 26.3 Å². The molecule has 1 aromatic rings. The Labute approximate surface area is 130 Å². The second-order valence-electron chi connectivity index (χ2n) is 6.61. The highest BCUT2D eigenvalue weighted by Crippen LogP contribution is 2.20. The molecule has 21 heavy (non-hydrogen) atoms. The summed E-state index contributed by atoms with van der Waals surface area (Å²) in [5.74, 6) is 0.833. The minimum atomic E-state index is 0.431. The molecular weight excluding hydrogens is 258 g/mol. The van der Waals surface area contributed by atoms with Crippen molar-refractivity contribution in [3.63, 3.8) is 0 Å². The Morgan fingerprint density at radius 2 is 2.14 bits per heavy atom. The fraction of sp³-hybridized carbons (Fsp3) is 0.667. The molecule has 1 fully saturated rings. The lowest BCUT2D eigenvalue weighted by atomic mass is 10.00. The summed E-state index contributed by atoms with van der Waals surface area (Å²) in [6.45, 7) is 10.2. The van der Waals surface area contributed by atoms with Gasteiger partial charge < -0.3 is 15.1 Å². The molecule has 2 unspecified atom stereocenters. The van der Waals surface area contributed by atoms with Crippen molar-refractivity contribution < 1.29 is 0 Å². The lowest BCUT2D eigenvalue weighted by molar-refractivity contribution is 0.248. The average molecular weight is 289 g/mol. The number of nitrogens with zero attached hydrogens (tertiary/aromatic N) is 2. The van der Waals surface area contributed by atoms with E-state index in [1.165, 1.54) is 37.2 Å². The Bertz CT molecular complexity index is 432. The minimum Gasteiger partial charge on any atom is -0.309 e. The Hall–Kier alpha value is -0.900. The molecule has 0 aromatic heterocycles. The third-order valence-corrected chi connectivity index (χ3v) is 4.57. The molecule has 1 N–H and O–H groups in total. The first-order chi connectivity index (χ1) is 10.1. The van der Waals surface area contributed by atoms with Crippen LogP contribution in [0.4, 0.5) is 0 Å². The molecule has 2 rings (SSSR count). The summed E-state index contributed by atoms with van der Waals surface area (Å²) < 4.78 is 0. The van der Waals surface area contributed by atoms with E-state index < -0.39 is 0 Å². The van der Waals surface area contributed by atoms with Gasteiger partial charge in [0.15, 0.2) is 0 Å². The molecule has 2 atom stereocenters. The molecule has 3 heteroatoms. The van der Waals surface area contributed by atoms with Gasteiger partial charge in [0, 0.05) is 25.7 Å². The van der Waals surface area contributed by atoms with E-state index in [0.29, 0.717) is 6.04 Å². The Kier molecular flexibility index (Phi) is 6.22. The van der Waals surface area contributed by atoms with E-state index in [4.69, 9.17) is 0 Å². The van der Waals surface area contributed by atoms with Gasteiger partial charge in [0.25, 0.3) is 0 Å². The van der Waals surface area contributed by atoms with Crippen molar-refractivity contribution in [1.82, 2.24) is 15.1 Å². The van der Waals surface area contributed by atoms with Crippen LogP contribution in [0.3, 0.4) is 0 Å². The summed E-state index contributed by atoms with van der Waals surface area (Å²) in [4.78, 5) is 4.95.